The van der Waals surface area contributed by atoms with Gasteiger partial charge in [0.2, 0.25) is 0 Å². The summed E-state index contributed by atoms with van der Waals surface area (Å²) in [6.07, 6.45) is -1.26. The summed E-state index contributed by atoms with van der Waals surface area (Å²) >= 11 is 0. The summed E-state index contributed by atoms with van der Waals surface area (Å²) in [5.74, 6) is -6.69. The molecule has 2 rings (SSSR count). The number of esters is 1. The van der Waals surface area contributed by atoms with Crippen LogP contribution in [0, 0.1) is 0 Å². The number of carbonyl (C=O) groups is 4. The molecule has 0 aromatic rings. The van der Waals surface area contributed by atoms with Crippen molar-refractivity contribution in [2.45, 2.75) is 30.6 Å². The molecule has 0 radical (unpaired) electrons. The van der Waals surface area contributed by atoms with Gasteiger partial charge >= 0.3 is 33.2 Å². The fourth-order valence-electron chi connectivity index (χ4n) is 2.22. The second kappa shape index (κ2) is 6.49. The topological polar surface area (TPSA) is 150 Å². The monoisotopic (exact) mass is 414 g/mol. The van der Waals surface area contributed by atoms with Gasteiger partial charge in [0.1, 0.15) is 11.4 Å². The van der Waals surface area contributed by atoms with Gasteiger partial charge in [-0.1, -0.05) is 6.58 Å². The summed E-state index contributed by atoms with van der Waals surface area (Å²) in [5.41, 5.74) is -3.14. The Kier molecular flexibility index (Phi) is 5.09. The van der Waals surface area contributed by atoms with E-state index in [0.717, 1.165) is 6.92 Å². The Morgan fingerprint density at radius 2 is 1.70 bits per heavy atom. The van der Waals surface area contributed by atoms with Crippen molar-refractivity contribution in [1.29, 1.82) is 0 Å². The molecule has 2 fully saturated rings. The molecule has 1 spiro atoms. The van der Waals surface area contributed by atoms with Gasteiger partial charge in [0, 0.05) is 0 Å². The third-order valence-electron chi connectivity index (χ3n) is 3.70. The fourth-order valence-corrected chi connectivity index (χ4v) is 3.06. The summed E-state index contributed by atoms with van der Waals surface area (Å²) in [4.78, 5) is 49.9. The number of Topliss-reactive ketones (excluding diaryl/α,β-unsaturated/α-hetero) is 1. The Balaban J connectivity index is 2.61. The van der Waals surface area contributed by atoms with Gasteiger partial charge in [-0.2, -0.15) is 17.2 Å². The fraction of sp³-hybridized carbons (Fsp3) is 0.538. The molecule has 0 aromatic heterocycles. The molecule has 2 amide bonds. The van der Waals surface area contributed by atoms with Gasteiger partial charge in [0.15, 0.2) is 18.0 Å². The number of imide groups is 1. The molecule has 0 saturated carbocycles. The number of cyclic esters (lactones) is 1. The van der Waals surface area contributed by atoms with E-state index in [-0.39, 0.29) is 5.57 Å². The average molecular weight is 414 g/mol. The van der Waals surface area contributed by atoms with Gasteiger partial charge in [-0.05, 0) is 16.8 Å². The van der Waals surface area contributed by atoms with Crippen molar-refractivity contribution in [3.63, 3.8) is 0 Å². The van der Waals surface area contributed by atoms with Crippen molar-refractivity contribution in [2.75, 3.05) is 13.2 Å². The molecule has 1 unspecified atom stereocenters. The molecule has 1 atom stereocenters. The lowest BCUT2D eigenvalue weighted by Crippen LogP contribution is -2.61. The molecule has 1 N–H and O–H groups in total. The zero-order chi connectivity index (χ0) is 20.8. The Morgan fingerprint density at radius 3 is 2.19 bits per heavy atom. The first-order valence-corrected chi connectivity index (χ1v) is 8.64. The quantitative estimate of drug-likeness (QED) is 0.254. The number of quaternary nitrogens is 1. The number of alkyl halides is 2. The minimum Gasteiger partial charge on any atom is -0.457 e. The van der Waals surface area contributed by atoms with E-state index in [4.69, 9.17) is 4.84 Å². The van der Waals surface area contributed by atoms with Crippen molar-refractivity contribution in [2.24, 2.45) is 0 Å². The van der Waals surface area contributed by atoms with Crippen molar-refractivity contribution in [3.8, 4) is 0 Å². The van der Waals surface area contributed by atoms with Crippen LogP contribution in [0.25, 0.3) is 0 Å². The van der Waals surface area contributed by atoms with Crippen LogP contribution in [0.4, 0.5) is 8.78 Å². The number of nitrogens with zero attached hydrogens (tertiary/aromatic N) is 1. The highest BCUT2D eigenvalue weighted by Gasteiger charge is 2.68. The van der Waals surface area contributed by atoms with Crippen LogP contribution in [0.3, 0.4) is 0 Å². The normalized spacial score (nSPS) is 30.0. The second-order valence-corrected chi connectivity index (χ2v) is 7.45. The van der Waals surface area contributed by atoms with Gasteiger partial charge in [-0.25, -0.2) is 14.4 Å². The number of rotatable bonds is 2. The van der Waals surface area contributed by atoms with Crippen LogP contribution in [0.5, 0.6) is 0 Å². The maximum absolute atomic E-state index is 14.0. The van der Waals surface area contributed by atoms with E-state index in [2.05, 4.69) is 15.6 Å². The first-order valence-electron chi connectivity index (χ1n) is 7.23. The third-order valence-corrected chi connectivity index (χ3v) is 4.90. The Hall–Kier alpha value is -2.13. The minimum atomic E-state index is -6.23. The maximum atomic E-state index is 14.0. The molecule has 0 aromatic carbocycles. The molecule has 0 aliphatic carbocycles. The lowest BCUT2D eigenvalue weighted by Gasteiger charge is -2.31. The molecule has 11 nitrogen and oxygen atoms in total. The first kappa shape index (κ1) is 21.2. The molecule has 27 heavy (non-hydrogen) atoms. The highest BCUT2D eigenvalue weighted by atomic mass is 32.2. The molecule has 150 valence electrons. The molecule has 0 bridgehead atoms. The van der Waals surface area contributed by atoms with E-state index >= 15 is 0 Å². The van der Waals surface area contributed by atoms with Crippen LogP contribution < -0.4 is 0 Å². The van der Waals surface area contributed by atoms with E-state index in [1.807, 2.05) is 0 Å². The van der Waals surface area contributed by atoms with Gasteiger partial charge in [0.05, 0.1) is 12.8 Å². The number of hydrogen-bond acceptors (Lipinski definition) is 10. The summed E-state index contributed by atoms with van der Waals surface area (Å²) in [7, 11) is -6.23. The molecule has 2 saturated heterocycles. The van der Waals surface area contributed by atoms with E-state index in [1.165, 1.54) is 0 Å². The number of ether oxygens (including phenoxy) is 1. The summed E-state index contributed by atoms with van der Waals surface area (Å²) in [5, 5.41) is 5.01. The molecule has 2 aliphatic heterocycles. The lowest BCUT2D eigenvalue weighted by molar-refractivity contribution is -1.11. The SMILES string of the molecule is C=C(C)C(=O)C1(O)COC(=O)C(F)(F)S(=O)(=O)O[N+]2(OC1)C(=O)CCC2=O. The summed E-state index contributed by atoms with van der Waals surface area (Å²) in [6, 6.07) is 0. The van der Waals surface area contributed by atoms with Gasteiger partial charge in [-0.3, -0.25) is 4.79 Å². The number of halogens is 2. The molecular weight excluding hydrogens is 400 g/mol. The van der Waals surface area contributed by atoms with Crippen molar-refractivity contribution in [1.82, 2.24) is 0 Å². The van der Waals surface area contributed by atoms with Crippen LogP contribution in [-0.2, 0) is 43.2 Å². The maximum Gasteiger partial charge on any atom is 0.471 e. The predicted molar refractivity (Wildman–Crippen MR) is 76.1 cm³/mol. The van der Waals surface area contributed by atoms with Crippen molar-refractivity contribution < 1.29 is 60.2 Å². The van der Waals surface area contributed by atoms with E-state index in [1.54, 1.807) is 0 Å². The number of hydroxylamine groups is 4. The molecule has 2 aliphatic rings. The van der Waals surface area contributed by atoms with Crippen LogP contribution in [0.2, 0.25) is 0 Å². The van der Waals surface area contributed by atoms with Crippen LogP contribution in [-0.4, -0.2) is 66.0 Å². The van der Waals surface area contributed by atoms with Crippen molar-refractivity contribution >= 4 is 33.7 Å². The highest BCUT2D eigenvalue weighted by Crippen LogP contribution is 2.35. The number of ketones is 1. The largest absolute Gasteiger partial charge is 0.471 e. The zero-order valence-corrected chi connectivity index (χ0v) is 14.6. The van der Waals surface area contributed by atoms with E-state index < -0.39 is 75.4 Å². The zero-order valence-electron chi connectivity index (χ0n) is 13.8. The number of carbonyl (C=O) groups excluding carboxylic acids is 4. The molecular formula is C13H14F2NO10S+. The van der Waals surface area contributed by atoms with Crippen LogP contribution in [0.1, 0.15) is 19.8 Å². The Bertz CT molecular complexity index is 835. The van der Waals surface area contributed by atoms with Gasteiger partial charge in [-0.15, -0.1) is 4.84 Å². The average Bonchev–Trinajstić information content (AvgIpc) is 2.84. The lowest BCUT2D eigenvalue weighted by atomic mass is 9.96. The van der Waals surface area contributed by atoms with Crippen LogP contribution >= 0.6 is 0 Å². The number of hydrogen-bond donors (Lipinski definition) is 1. The molecule has 14 heteroatoms. The predicted octanol–water partition coefficient (Wildman–Crippen LogP) is -1.13. The Morgan fingerprint density at radius 1 is 1.19 bits per heavy atom. The Labute approximate surface area is 150 Å². The summed E-state index contributed by atoms with van der Waals surface area (Å²) in [6.45, 7) is 1.62. The van der Waals surface area contributed by atoms with E-state index in [0.29, 0.717) is 0 Å². The highest BCUT2D eigenvalue weighted by molar-refractivity contribution is 7.88. The first-order chi connectivity index (χ1) is 12.2. The van der Waals surface area contributed by atoms with Crippen LogP contribution in [0.15, 0.2) is 12.2 Å². The number of amides is 2. The van der Waals surface area contributed by atoms with E-state index in [9.17, 15) is 41.5 Å². The smallest absolute Gasteiger partial charge is 0.457 e. The van der Waals surface area contributed by atoms with Gasteiger partial charge in [0.25, 0.3) is 0 Å². The second-order valence-electron chi connectivity index (χ2n) is 5.88. The minimum absolute atomic E-state index is 0.305. The van der Waals surface area contributed by atoms with Crippen molar-refractivity contribution in [3.05, 3.63) is 12.2 Å². The number of aliphatic hydroxyl groups is 1. The standard InChI is InChI=1S/C13H14F2NO10S/c1-7(2)10(19)12(21)5-24-11(20)13(14,15)27(22,23)26-16(25-6-12)8(17)3-4-9(16)18/h21H,1,3-6H2,2H3/q+1. The summed E-state index contributed by atoms with van der Waals surface area (Å²) < 4.78 is 59.6. The van der Waals surface area contributed by atoms with Gasteiger partial charge < -0.3 is 9.84 Å². The molecule has 2 heterocycles. The third kappa shape index (κ3) is 3.29.